The zero-order valence-electron chi connectivity index (χ0n) is 10.7. The van der Waals surface area contributed by atoms with Crippen molar-refractivity contribution in [2.45, 2.75) is 17.2 Å². The molecule has 0 saturated heterocycles. The Bertz CT molecular complexity index is 458. The highest BCUT2D eigenvalue weighted by atomic mass is 32.2. The second kappa shape index (κ2) is 5.22. The van der Waals surface area contributed by atoms with Crippen molar-refractivity contribution < 1.29 is 0 Å². The Hall–Kier alpha value is -1.16. The summed E-state index contributed by atoms with van der Waals surface area (Å²) in [6.07, 6.45) is 1.17. The number of hydrogen-bond acceptors (Lipinski definition) is 4. The standard InChI is InChI=1S/C14H19N3S/c1-17-8-4-7-15-14(17)16-9-11-10-18-13-6-3-2-5-12(11)13/h2-3,5-6,11H,4,7-10H2,1H3,(H,15,16). The van der Waals surface area contributed by atoms with Gasteiger partial charge in [-0.2, -0.15) is 0 Å². The molecule has 2 aliphatic rings. The lowest BCUT2D eigenvalue weighted by atomic mass is 10.0. The second-order valence-corrected chi connectivity index (χ2v) is 5.97. The molecule has 2 aliphatic heterocycles. The highest BCUT2D eigenvalue weighted by molar-refractivity contribution is 7.99. The number of rotatable bonds is 2. The van der Waals surface area contributed by atoms with Crippen LogP contribution in [0.3, 0.4) is 0 Å². The molecule has 2 heterocycles. The minimum absolute atomic E-state index is 0.615. The number of nitrogens with one attached hydrogen (secondary N) is 1. The predicted molar refractivity (Wildman–Crippen MR) is 77.5 cm³/mol. The molecule has 0 saturated carbocycles. The Balaban J connectivity index is 1.63. The lowest BCUT2D eigenvalue weighted by molar-refractivity contribution is 0.444. The van der Waals surface area contributed by atoms with Crippen LogP contribution in [-0.2, 0) is 0 Å². The average Bonchev–Trinajstić information content (AvgIpc) is 2.81. The fraction of sp³-hybridized carbons (Fsp3) is 0.500. The summed E-state index contributed by atoms with van der Waals surface area (Å²) >= 11 is 1.97. The molecule has 96 valence electrons. The number of benzene rings is 1. The fourth-order valence-electron chi connectivity index (χ4n) is 2.52. The van der Waals surface area contributed by atoms with Crippen LogP contribution in [-0.4, -0.2) is 43.3 Å². The molecular formula is C14H19N3S. The fourth-order valence-corrected chi connectivity index (χ4v) is 3.78. The summed E-state index contributed by atoms with van der Waals surface area (Å²) in [6, 6.07) is 8.75. The summed E-state index contributed by atoms with van der Waals surface area (Å²) in [5.74, 6) is 2.86. The summed E-state index contributed by atoms with van der Waals surface area (Å²) in [5.41, 5.74) is 1.49. The molecule has 0 spiro atoms. The molecule has 1 unspecified atom stereocenters. The topological polar surface area (TPSA) is 27.6 Å². The molecule has 1 N–H and O–H groups in total. The van der Waals surface area contributed by atoms with Gasteiger partial charge in [0.2, 0.25) is 0 Å². The lowest BCUT2D eigenvalue weighted by Gasteiger charge is -2.26. The molecule has 0 fully saturated rings. The van der Waals surface area contributed by atoms with Crippen LogP contribution in [0.25, 0.3) is 0 Å². The van der Waals surface area contributed by atoms with E-state index in [0.29, 0.717) is 5.92 Å². The number of thioether (sulfide) groups is 1. The van der Waals surface area contributed by atoms with Crippen LogP contribution >= 0.6 is 11.8 Å². The quantitative estimate of drug-likeness (QED) is 0.884. The van der Waals surface area contributed by atoms with Gasteiger partial charge in [-0.25, -0.2) is 0 Å². The molecule has 1 aromatic carbocycles. The average molecular weight is 261 g/mol. The van der Waals surface area contributed by atoms with E-state index in [1.807, 2.05) is 11.8 Å². The van der Waals surface area contributed by atoms with E-state index in [2.05, 4.69) is 46.5 Å². The van der Waals surface area contributed by atoms with E-state index >= 15 is 0 Å². The van der Waals surface area contributed by atoms with Gasteiger partial charge in [0.05, 0.1) is 0 Å². The molecule has 3 rings (SSSR count). The molecule has 4 heteroatoms. The zero-order chi connectivity index (χ0) is 12.4. The SMILES string of the molecule is CN1CCCN=C1NCC1CSc2ccccc21. The van der Waals surface area contributed by atoms with Crippen LogP contribution in [0.2, 0.25) is 0 Å². The summed E-state index contributed by atoms with van der Waals surface area (Å²) in [7, 11) is 2.11. The van der Waals surface area contributed by atoms with Gasteiger partial charge in [0.15, 0.2) is 5.96 Å². The molecular weight excluding hydrogens is 242 g/mol. The summed E-state index contributed by atoms with van der Waals surface area (Å²) in [6.45, 7) is 3.07. The van der Waals surface area contributed by atoms with Crippen molar-refractivity contribution in [2.24, 2.45) is 4.99 Å². The minimum Gasteiger partial charge on any atom is -0.356 e. The van der Waals surface area contributed by atoms with Crippen molar-refractivity contribution >= 4 is 17.7 Å². The van der Waals surface area contributed by atoms with Crippen LogP contribution in [0, 0.1) is 0 Å². The first-order chi connectivity index (χ1) is 8.84. The smallest absolute Gasteiger partial charge is 0.193 e. The maximum absolute atomic E-state index is 4.55. The normalized spacial score (nSPS) is 22.6. The van der Waals surface area contributed by atoms with Gasteiger partial charge in [-0.05, 0) is 18.1 Å². The number of hydrogen-bond donors (Lipinski definition) is 1. The molecule has 0 amide bonds. The summed E-state index contributed by atoms with van der Waals surface area (Å²) < 4.78 is 0. The largest absolute Gasteiger partial charge is 0.356 e. The molecule has 0 bridgehead atoms. The van der Waals surface area contributed by atoms with E-state index in [-0.39, 0.29) is 0 Å². The van der Waals surface area contributed by atoms with Crippen molar-refractivity contribution in [3.8, 4) is 0 Å². The van der Waals surface area contributed by atoms with Crippen molar-refractivity contribution in [1.82, 2.24) is 10.2 Å². The first-order valence-corrected chi connectivity index (χ1v) is 7.54. The highest BCUT2D eigenvalue weighted by Crippen LogP contribution is 2.38. The molecule has 1 atom stereocenters. The third-order valence-electron chi connectivity index (χ3n) is 3.58. The minimum atomic E-state index is 0.615. The molecule has 0 aliphatic carbocycles. The van der Waals surface area contributed by atoms with E-state index in [9.17, 15) is 0 Å². The number of guanidine groups is 1. The third kappa shape index (κ3) is 2.34. The van der Waals surface area contributed by atoms with Crippen LogP contribution in [0.5, 0.6) is 0 Å². The van der Waals surface area contributed by atoms with E-state index in [1.165, 1.54) is 22.6 Å². The molecule has 0 radical (unpaired) electrons. The maximum Gasteiger partial charge on any atom is 0.193 e. The van der Waals surface area contributed by atoms with Gasteiger partial charge in [0, 0.05) is 43.2 Å². The Kier molecular flexibility index (Phi) is 3.46. The van der Waals surface area contributed by atoms with Gasteiger partial charge in [-0.3, -0.25) is 4.99 Å². The molecule has 1 aromatic rings. The number of nitrogens with zero attached hydrogens (tertiary/aromatic N) is 2. The van der Waals surface area contributed by atoms with Gasteiger partial charge >= 0.3 is 0 Å². The highest BCUT2D eigenvalue weighted by Gasteiger charge is 2.23. The first kappa shape index (κ1) is 11.9. The third-order valence-corrected chi connectivity index (χ3v) is 4.83. The van der Waals surface area contributed by atoms with E-state index in [4.69, 9.17) is 0 Å². The monoisotopic (exact) mass is 261 g/mol. The first-order valence-electron chi connectivity index (χ1n) is 6.56. The van der Waals surface area contributed by atoms with E-state index in [0.717, 1.165) is 25.6 Å². The van der Waals surface area contributed by atoms with Crippen LogP contribution in [0.15, 0.2) is 34.2 Å². The van der Waals surface area contributed by atoms with Crippen molar-refractivity contribution in [2.75, 3.05) is 32.4 Å². The lowest BCUT2D eigenvalue weighted by Crippen LogP contribution is -2.43. The van der Waals surface area contributed by atoms with Gasteiger partial charge in [-0.15, -0.1) is 11.8 Å². The molecule has 3 nitrogen and oxygen atoms in total. The van der Waals surface area contributed by atoms with Crippen LogP contribution in [0.1, 0.15) is 17.9 Å². The van der Waals surface area contributed by atoms with Gasteiger partial charge in [-0.1, -0.05) is 18.2 Å². The second-order valence-electron chi connectivity index (χ2n) is 4.91. The van der Waals surface area contributed by atoms with Crippen molar-refractivity contribution in [3.05, 3.63) is 29.8 Å². The van der Waals surface area contributed by atoms with E-state index in [1.54, 1.807) is 0 Å². The Morgan fingerprint density at radius 3 is 3.22 bits per heavy atom. The van der Waals surface area contributed by atoms with E-state index < -0.39 is 0 Å². The number of fused-ring (bicyclic) bond motifs is 1. The van der Waals surface area contributed by atoms with Crippen molar-refractivity contribution in [1.29, 1.82) is 0 Å². The van der Waals surface area contributed by atoms with Gasteiger partial charge in [0.25, 0.3) is 0 Å². The van der Waals surface area contributed by atoms with Crippen LogP contribution in [0.4, 0.5) is 0 Å². The van der Waals surface area contributed by atoms with Crippen LogP contribution < -0.4 is 5.32 Å². The van der Waals surface area contributed by atoms with Crippen molar-refractivity contribution in [3.63, 3.8) is 0 Å². The van der Waals surface area contributed by atoms with Gasteiger partial charge in [0.1, 0.15) is 0 Å². The summed E-state index contributed by atoms with van der Waals surface area (Å²) in [5, 5.41) is 3.52. The molecule has 0 aromatic heterocycles. The Labute approximate surface area is 113 Å². The molecule has 18 heavy (non-hydrogen) atoms. The van der Waals surface area contributed by atoms with Gasteiger partial charge < -0.3 is 10.2 Å². The zero-order valence-corrected chi connectivity index (χ0v) is 11.5. The predicted octanol–water partition coefficient (Wildman–Crippen LogP) is 2.16. The summed E-state index contributed by atoms with van der Waals surface area (Å²) in [4.78, 5) is 8.22. The number of aliphatic imine (C=N–C) groups is 1. The maximum atomic E-state index is 4.55. The Morgan fingerprint density at radius 2 is 2.33 bits per heavy atom. The Morgan fingerprint density at radius 1 is 1.44 bits per heavy atom.